The molecular formula is C39H45N3O7. The molecule has 0 unspecified atom stereocenters. The van der Waals surface area contributed by atoms with Gasteiger partial charge in [0.05, 0.1) is 32.0 Å². The Morgan fingerprint density at radius 1 is 0.898 bits per heavy atom. The normalized spacial score (nSPS) is 19.4. The largest absolute Gasteiger partial charge is 0.467 e. The van der Waals surface area contributed by atoms with Crippen LogP contribution < -0.4 is 10.6 Å². The van der Waals surface area contributed by atoms with E-state index in [-0.39, 0.29) is 31.3 Å². The summed E-state index contributed by atoms with van der Waals surface area (Å²) < 4.78 is 18.0. The van der Waals surface area contributed by atoms with Crippen molar-refractivity contribution in [2.75, 3.05) is 26.0 Å². The van der Waals surface area contributed by atoms with Gasteiger partial charge in [-0.2, -0.15) is 0 Å². The topological polar surface area (TPSA) is 130 Å². The van der Waals surface area contributed by atoms with Crippen LogP contribution in [0.25, 0.3) is 0 Å². The van der Waals surface area contributed by atoms with Crippen LogP contribution in [0.3, 0.4) is 0 Å². The smallest absolute Gasteiger partial charge is 0.328 e. The number of carbonyl (C=O) groups is 2. The van der Waals surface area contributed by atoms with E-state index in [1.54, 1.807) is 18.2 Å². The van der Waals surface area contributed by atoms with Gasteiger partial charge in [0.15, 0.2) is 6.29 Å². The van der Waals surface area contributed by atoms with Crippen molar-refractivity contribution >= 4 is 17.7 Å². The number of hydrogen-bond acceptors (Lipinski definition) is 8. The molecule has 1 fully saturated rings. The highest BCUT2D eigenvalue weighted by atomic mass is 16.7. The van der Waals surface area contributed by atoms with Crippen molar-refractivity contribution in [3.05, 3.63) is 137 Å². The molecule has 1 aliphatic heterocycles. The van der Waals surface area contributed by atoms with Crippen molar-refractivity contribution in [2.24, 2.45) is 0 Å². The molecule has 6 atom stereocenters. The van der Waals surface area contributed by atoms with Crippen molar-refractivity contribution in [1.29, 1.82) is 0 Å². The molecule has 1 saturated heterocycles. The Labute approximate surface area is 287 Å². The summed E-state index contributed by atoms with van der Waals surface area (Å²) in [7, 11) is 3.26. The molecule has 5 rings (SSSR count). The zero-order chi connectivity index (χ0) is 34.8. The minimum Gasteiger partial charge on any atom is -0.467 e. The molecule has 49 heavy (non-hydrogen) atoms. The first-order valence-corrected chi connectivity index (χ1v) is 16.5. The van der Waals surface area contributed by atoms with Crippen molar-refractivity contribution in [3.63, 3.8) is 0 Å². The Bertz CT molecular complexity index is 1640. The summed E-state index contributed by atoms with van der Waals surface area (Å²) in [5.41, 5.74) is 4.69. The maximum atomic E-state index is 13.1. The van der Waals surface area contributed by atoms with Gasteiger partial charge >= 0.3 is 12.0 Å². The zero-order valence-corrected chi connectivity index (χ0v) is 28.1. The predicted molar refractivity (Wildman–Crippen MR) is 186 cm³/mol. The number of aliphatic hydroxyl groups is 2. The van der Waals surface area contributed by atoms with Gasteiger partial charge in [-0.15, -0.1) is 0 Å². The third-order valence-electron chi connectivity index (χ3n) is 8.89. The van der Waals surface area contributed by atoms with E-state index in [0.717, 1.165) is 22.3 Å². The Kier molecular flexibility index (Phi) is 12.5. The van der Waals surface area contributed by atoms with Crippen LogP contribution in [0, 0.1) is 0 Å². The lowest BCUT2D eigenvalue weighted by molar-refractivity contribution is -0.253. The zero-order valence-electron chi connectivity index (χ0n) is 28.1. The third kappa shape index (κ3) is 9.75. The SMILES string of the molecule is COC(=O)[C@H](Cc1ccccc1)NC(=O)Nc1cccc([C@H]2O[C@@H](CN(C)[C@@H](C)[C@H](O)c3ccccc3)C[C@@H](c3ccc(CO)cc3)O2)c1. The van der Waals surface area contributed by atoms with E-state index in [1.165, 1.54) is 7.11 Å². The maximum Gasteiger partial charge on any atom is 0.328 e. The highest BCUT2D eigenvalue weighted by Gasteiger charge is 2.34. The Morgan fingerprint density at radius 3 is 2.27 bits per heavy atom. The minimum absolute atomic E-state index is 0.0490. The summed E-state index contributed by atoms with van der Waals surface area (Å²) in [6.45, 7) is 2.48. The van der Waals surface area contributed by atoms with Gasteiger partial charge < -0.3 is 35.1 Å². The molecule has 4 aromatic rings. The van der Waals surface area contributed by atoms with E-state index in [9.17, 15) is 19.8 Å². The van der Waals surface area contributed by atoms with Gasteiger partial charge in [0, 0.05) is 36.7 Å². The molecule has 258 valence electrons. The van der Waals surface area contributed by atoms with Crippen LogP contribution in [-0.2, 0) is 32.0 Å². The number of urea groups is 1. The van der Waals surface area contributed by atoms with Crippen molar-refractivity contribution in [1.82, 2.24) is 10.2 Å². The van der Waals surface area contributed by atoms with E-state index < -0.39 is 30.4 Å². The van der Waals surface area contributed by atoms with Gasteiger partial charge in [-0.1, -0.05) is 97.1 Å². The van der Waals surface area contributed by atoms with Gasteiger partial charge in [-0.3, -0.25) is 4.90 Å². The molecular weight excluding hydrogens is 622 g/mol. The maximum absolute atomic E-state index is 13.1. The molecule has 0 bridgehead atoms. The molecule has 1 heterocycles. The first-order valence-electron chi connectivity index (χ1n) is 16.5. The van der Waals surface area contributed by atoms with Gasteiger partial charge in [0.1, 0.15) is 6.04 Å². The summed E-state index contributed by atoms with van der Waals surface area (Å²) >= 11 is 0. The summed E-state index contributed by atoms with van der Waals surface area (Å²) in [6.07, 6.45) is -1.14. The predicted octanol–water partition coefficient (Wildman–Crippen LogP) is 5.68. The van der Waals surface area contributed by atoms with Crippen molar-refractivity contribution in [3.8, 4) is 0 Å². The van der Waals surface area contributed by atoms with E-state index in [0.29, 0.717) is 24.2 Å². The first kappa shape index (κ1) is 35.7. The van der Waals surface area contributed by atoms with Crippen LogP contribution in [0.1, 0.15) is 59.7 Å². The highest BCUT2D eigenvalue weighted by Crippen LogP contribution is 2.39. The summed E-state index contributed by atoms with van der Waals surface area (Å²) in [5, 5.41) is 26.2. The van der Waals surface area contributed by atoms with Crippen LogP contribution in [-0.4, -0.2) is 66.0 Å². The molecule has 4 aromatic carbocycles. The molecule has 1 aliphatic rings. The van der Waals surface area contributed by atoms with Crippen LogP contribution in [0.15, 0.2) is 109 Å². The lowest BCUT2D eigenvalue weighted by atomic mass is 9.98. The number of methoxy groups -OCH3 is 1. The molecule has 0 aliphatic carbocycles. The summed E-state index contributed by atoms with van der Waals surface area (Å²) in [4.78, 5) is 27.6. The van der Waals surface area contributed by atoms with Crippen LogP contribution in [0.2, 0.25) is 0 Å². The average Bonchev–Trinajstić information content (AvgIpc) is 3.14. The fraction of sp³-hybridized carbons (Fsp3) is 0.333. The number of aliphatic hydroxyl groups excluding tert-OH is 2. The Balaban J connectivity index is 1.31. The second-order valence-electron chi connectivity index (χ2n) is 12.4. The fourth-order valence-corrected chi connectivity index (χ4v) is 5.96. The monoisotopic (exact) mass is 667 g/mol. The van der Waals surface area contributed by atoms with E-state index in [4.69, 9.17) is 14.2 Å². The number of carbonyl (C=O) groups excluding carboxylic acids is 2. The number of rotatable bonds is 13. The van der Waals surface area contributed by atoms with Crippen LogP contribution in [0.4, 0.5) is 10.5 Å². The molecule has 10 nitrogen and oxygen atoms in total. The van der Waals surface area contributed by atoms with Gasteiger partial charge in [-0.25, -0.2) is 9.59 Å². The molecule has 0 spiro atoms. The Morgan fingerprint density at radius 2 is 1.59 bits per heavy atom. The third-order valence-corrected chi connectivity index (χ3v) is 8.89. The fourth-order valence-electron chi connectivity index (χ4n) is 5.96. The number of ether oxygens (including phenoxy) is 3. The lowest BCUT2D eigenvalue weighted by Crippen LogP contribution is -2.45. The lowest BCUT2D eigenvalue weighted by Gasteiger charge is -2.39. The second-order valence-corrected chi connectivity index (χ2v) is 12.4. The molecule has 4 N–H and O–H groups in total. The quantitative estimate of drug-likeness (QED) is 0.134. The molecule has 0 saturated carbocycles. The molecule has 10 heteroatoms. The number of likely N-dealkylation sites (N-methyl/N-ethyl adjacent to an activating group) is 1. The standard InChI is InChI=1S/C39H45N3O7/c1-26(36(44)30-13-8-5-9-14-30)42(2)24-33-23-35(29-19-17-28(25-43)18-20-29)49-38(48-33)31-15-10-16-32(22-31)40-39(46)41-34(37(45)47-3)21-27-11-6-4-7-12-27/h4-20,22,26,33-36,38,43-44H,21,23-25H2,1-3H3,(H2,40,41,46)/t26-,33+,34-,35-,36-,38-/m0/s1. The van der Waals surface area contributed by atoms with Crippen molar-refractivity contribution in [2.45, 2.75) is 63.1 Å². The number of amides is 2. The molecule has 0 aromatic heterocycles. The van der Waals surface area contributed by atoms with Crippen molar-refractivity contribution < 1.29 is 34.0 Å². The summed E-state index contributed by atoms with van der Waals surface area (Å²) in [5.74, 6) is -0.545. The number of nitrogens with one attached hydrogen (secondary N) is 2. The number of nitrogens with zero attached hydrogens (tertiary/aromatic N) is 1. The first-order chi connectivity index (χ1) is 23.7. The number of hydrogen-bond donors (Lipinski definition) is 4. The van der Waals surface area contributed by atoms with E-state index >= 15 is 0 Å². The average molecular weight is 668 g/mol. The molecule has 0 radical (unpaired) electrons. The summed E-state index contributed by atoms with van der Waals surface area (Å²) in [6, 6.07) is 32.3. The van der Waals surface area contributed by atoms with E-state index in [1.807, 2.05) is 105 Å². The minimum atomic E-state index is -0.876. The van der Waals surface area contributed by atoms with Crippen LogP contribution in [0.5, 0.6) is 0 Å². The number of anilines is 1. The number of benzene rings is 4. The highest BCUT2D eigenvalue weighted by molar-refractivity contribution is 5.92. The Hall–Kier alpha value is -4.58. The van der Waals surface area contributed by atoms with Gasteiger partial charge in [0.25, 0.3) is 0 Å². The number of esters is 1. The van der Waals surface area contributed by atoms with Gasteiger partial charge in [-0.05, 0) is 48.4 Å². The second kappa shape index (κ2) is 17.2. The van der Waals surface area contributed by atoms with Crippen LogP contribution >= 0.6 is 0 Å². The van der Waals surface area contributed by atoms with E-state index in [2.05, 4.69) is 15.5 Å². The van der Waals surface area contributed by atoms with Gasteiger partial charge in [0.2, 0.25) is 0 Å². The molecule has 2 amide bonds.